The van der Waals surface area contributed by atoms with Crippen LogP contribution in [0, 0.1) is 0 Å². The van der Waals surface area contributed by atoms with Crippen LogP contribution in [0.4, 0.5) is 0 Å². The number of carbonyl (C=O) groups is 1. The lowest BCUT2D eigenvalue weighted by Gasteiger charge is -2.32. The van der Waals surface area contributed by atoms with E-state index in [0.717, 1.165) is 31.7 Å². The summed E-state index contributed by atoms with van der Waals surface area (Å²) in [6, 6.07) is 5.84. The van der Waals surface area contributed by atoms with E-state index in [9.17, 15) is 4.79 Å². The second kappa shape index (κ2) is 6.37. The van der Waals surface area contributed by atoms with Gasteiger partial charge >= 0.3 is 5.97 Å². The highest BCUT2D eigenvalue weighted by Crippen LogP contribution is 2.20. The Morgan fingerprint density at radius 2 is 2.37 bits per heavy atom. The van der Waals surface area contributed by atoms with E-state index in [0.29, 0.717) is 16.6 Å². The molecule has 0 radical (unpaired) electrons. The van der Waals surface area contributed by atoms with Crippen molar-refractivity contribution in [2.75, 3.05) is 26.7 Å². The zero-order valence-corrected chi connectivity index (χ0v) is 12.0. The number of carbonyl (C=O) groups excluding carboxylic acids is 1. The number of nitrogens with zero attached hydrogens (tertiary/aromatic N) is 1. The van der Waals surface area contributed by atoms with Crippen molar-refractivity contribution in [3.63, 3.8) is 0 Å². The van der Waals surface area contributed by atoms with Crippen LogP contribution >= 0.6 is 11.6 Å². The second-order valence-electron chi connectivity index (χ2n) is 4.89. The van der Waals surface area contributed by atoms with Gasteiger partial charge < -0.3 is 10.1 Å². The molecule has 1 aromatic carbocycles. The number of halogens is 1. The van der Waals surface area contributed by atoms with Crippen molar-refractivity contribution < 1.29 is 9.53 Å². The maximum Gasteiger partial charge on any atom is 0.337 e. The second-order valence-corrected chi connectivity index (χ2v) is 5.30. The van der Waals surface area contributed by atoms with E-state index in [4.69, 9.17) is 11.6 Å². The first-order valence-corrected chi connectivity index (χ1v) is 6.80. The molecule has 19 heavy (non-hydrogen) atoms. The van der Waals surface area contributed by atoms with Gasteiger partial charge in [-0.05, 0) is 24.6 Å². The van der Waals surface area contributed by atoms with E-state index in [-0.39, 0.29) is 5.97 Å². The third kappa shape index (κ3) is 3.69. The Morgan fingerprint density at radius 1 is 1.58 bits per heavy atom. The van der Waals surface area contributed by atoms with Crippen LogP contribution in [0.15, 0.2) is 18.2 Å². The number of rotatable bonds is 3. The number of ether oxygens (including phenoxy) is 1. The molecule has 4 nitrogen and oxygen atoms in total. The van der Waals surface area contributed by atoms with Gasteiger partial charge in [0.15, 0.2) is 0 Å². The van der Waals surface area contributed by atoms with E-state index >= 15 is 0 Å². The molecule has 1 aromatic rings. The standard InChI is InChI=1S/C14H19ClN2O2/c1-10-8-17(6-5-16-10)9-12-4-3-11(7-13(12)15)14(18)19-2/h3-4,7,10,16H,5-6,8-9H2,1-2H3. The van der Waals surface area contributed by atoms with Crippen LogP contribution in [0.2, 0.25) is 5.02 Å². The molecular weight excluding hydrogens is 264 g/mol. The van der Waals surface area contributed by atoms with Gasteiger partial charge in [0.1, 0.15) is 0 Å². The third-order valence-corrected chi connectivity index (χ3v) is 3.67. The van der Waals surface area contributed by atoms with Gasteiger partial charge in [0.25, 0.3) is 0 Å². The van der Waals surface area contributed by atoms with Gasteiger partial charge in [0.05, 0.1) is 12.7 Å². The molecule has 0 amide bonds. The maximum atomic E-state index is 11.4. The Bertz CT molecular complexity index is 465. The molecule has 0 bridgehead atoms. The molecule has 1 unspecified atom stereocenters. The van der Waals surface area contributed by atoms with Crippen molar-refractivity contribution in [1.29, 1.82) is 0 Å². The van der Waals surface area contributed by atoms with E-state index in [1.807, 2.05) is 6.07 Å². The zero-order chi connectivity index (χ0) is 13.8. The monoisotopic (exact) mass is 282 g/mol. The molecule has 104 valence electrons. The lowest BCUT2D eigenvalue weighted by atomic mass is 10.1. The minimum atomic E-state index is -0.357. The molecule has 0 aliphatic carbocycles. The fraction of sp³-hybridized carbons (Fsp3) is 0.500. The summed E-state index contributed by atoms with van der Waals surface area (Å²) in [6.45, 7) is 6.01. The van der Waals surface area contributed by atoms with Crippen molar-refractivity contribution in [2.45, 2.75) is 19.5 Å². The Balaban J connectivity index is 2.06. The lowest BCUT2D eigenvalue weighted by Crippen LogP contribution is -2.48. The molecular formula is C14H19ClN2O2. The molecule has 2 rings (SSSR count). The molecule has 1 atom stereocenters. The first kappa shape index (κ1) is 14.3. The number of benzene rings is 1. The summed E-state index contributed by atoms with van der Waals surface area (Å²) in [7, 11) is 1.37. The predicted molar refractivity (Wildman–Crippen MR) is 75.5 cm³/mol. The van der Waals surface area contributed by atoms with Crippen LogP contribution in [0.25, 0.3) is 0 Å². The number of esters is 1. The van der Waals surface area contributed by atoms with E-state index < -0.39 is 0 Å². The van der Waals surface area contributed by atoms with Gasteiger partial charge in [0, 0.05) is 37.2 Å². The van der Waals surface area contributed by atoms with Crippen LogP contribution in [0.1, 0.15) is 22.8 Å². The molecule has 1 saturated heterocycles. The van der Waals surface area contributed by atoms with Crippen LogP contribution in [0.3, 0.4) is 0 Å². The summed E-state index contributed by atoms with van der Waals surface area (Å²) < 4.78 is 4.68. The van der Waals surface area contributed by atoms with Gasteiger partial charge in [-0.15, -0.1) is 0 Å². The summed E-state index contributed by atoms with van der Waals surface area (Å²) in [6.07, 6.45) is 0. The van der Waals surface area contributed by atoms with E-state index in [1.54, 1.807) is 12.1 Å². The average molecular weight is 283 g/mol. The topological polar surface area (TPSA) is 41.6 Å². The number of hydrogen-bond donors (Lipinski definition) is 1. The van der Waals surface area contributed by atoms with Gasteiger partial charge in [-0.1, -0.05) is 17.7 Å². The highest BCUT2D eigenvalue weighted by Gasteiger charge is 2.17. The summed E-state index contributed by atoms with van der Waals surface area (Å²) in [5, 5.41) is 4.03. The predicted octanol–water partition coefficient (Wildman–Crippen LogP) is 1.92. The normalized spacial score (nSPS) is 20.3. The molecule has 0 spiro atoms. The first-order valence-electron chi connectivity index (χ1n) is 6.42. The van der Waals surface area contributed by atoms with Crippen LogP contribution < -0.4 is 5.32 Å². The van der Waals surface area contributed by atoms with Crippen molar-refractivity contribution in [3.8, 4) is 0 Å². The van der Waals surface area contributed by atoms with E-state index in [1.165, 1.54) is 7.11 Å². The number of methoxy groups -OCH3 is 1. The molecule has 0 saturated carbocycles. The first-order chi connectivity index (χ1) is 9.10. The summed E-state index contributed by atoms with van der Waals surface area (Å²) >= 11 is 6.24. The Morgan fingerprint density at radius 3 is 3.00 bits per heavy atom. The smallest absolute Gasteiger partial charge is 0.337 e. The molecule has 0 aromatic heterocycles. The minimum absolute atomic E-state index is 0.357. The molecule has 1 aliphatic heterocycles. The fourth-order valence-electron chi connectivity index (χ4n) is 2.32. The van der Waals surface area contributed by atoms with Gasteiger partial charge in [-0.25, -0.2) is 4.79 Å². The fourth-order valence-corrected chi connectivity index (χ4v) is 2.56. The van der Waals surface area contributed by atoms with Crippen LogP contribution in [0.5, 0.6) is 0 Å². The summed E-state index contributed by atoms with van der Waals surface area (Å²) in [5.74, 6) is -0.357. The van der Waals surface area contributed by atoms with Crippen molar-refractivity contribution in [1.82, 2.24) is 10.2 Å². The largest absolute Gasteiger partial charge is 0.465 e. The highest BCUT2D eigenvalue weighted by atomic mass is 35.5. The number of hydrogen-bond acceptors (Lipinski definition) is 4. The van der Waals surface area contributed by atoms with Gasteiger partial charge in [0.2, 0.25) is 0 Å². The number of nitrogens with one attached hydrogen (secondary N) is 1. The maximum absolute atomic E-state index is 11.4. The quantitative estimate of drug-likeness (QED) is 0.860. The van der Waals surface area contributed by atoms with Crippen molar-refractivity contribution in [3.05, 3.63) is 34.3 Å². The SMILES string of the molecule is COC(=O)c1ccc(CN2CCNC(C)C2)c(Cl)c1. The third-order valence-electron chi connectivity index (χ3n) is 3.32. The molecule has 1 heterocycles. The highest BCUT2D eigenvalue weighted by molar-refractivity contribution is 6.31. The van der Waals surface area contributed by atoms with Crippen molar-refractivity contribution in [2.24, 2.45) is 0 Å². The molecule has 5 heteroatoms. The molecule has 1 aliphatic rings. The minimum Gasteiger partial charge on any atom is -0.465 e. The average Bonchev–Trinajstić information content (AvgIpc) is 2.40. The molecule has 1 fully saturated rings. The van der Waals surface area contributed by atoms with Gasteiger partial charge in [-0.2, -0.15) is 0 Å². The van der Waals surface area contributed by atoms with E-state index in [2.05, 4.69) is 21.9 Å². The van der Waals surface area contributed by atoms with Crippen molar-refractivity contribution >= 4 is 17.6 Å². The summed E-state index contributed by atoms with van der Waals surface area (Å²) in [4.78, 5) is 13.8. The zero-order valence-electron chi connectivity index (χ0n) is 11.3. The summed E-state index contributed by atoms with van der Waals surface area (Å²) in [5.41, 5.74) is 1.54. The Labute approximate surface area is 118 Å². The Hall–Kier alpha value is -1.10. The van der Waals surface area contributed by atoms with Gasteiger partial charge in [-0.3, -0.25) is 4.90 Å². The number of piperazine rings is 1. The van der Waals surface area contributed by atoms with Crippen LogP contribution in [-0.2, 0) is 11.3 Å². The Kier molecular flexibility index (Phi) is 4.80. The molecule has 1 N–H and O–H groups in total. The van der Waals surface area contributed by atoms with Crippen LogP contribution in [-0.4, -0.2) is 43.7 Å². The lowest BCUT2D eigenvalue weighted by molar-refractivity contribution is 0.0600.